The molecule has 1 amide bonds. The van der Waals surface area contributed by atoms with Gasteiger partial charge >= 0.3 is 0 Å². The number of aromatic nitrogens is 3. The zero-order valence-corrected chi connectivity index (χ0v) is 10.9. The largest absolute Gasteiger partial charge is 0.369 e. The van der Waals surface area contributed by atoms with Crippen LogP contribution in [0.1, 0.15) is 11.3 Å². The molecule has 0 spiro atoms. The molecular weight excluding hydrogens is 268 g/mol. The van der Waals surface area contributed by atoms with Gasteiger partial charge in [0.15, 0.2) is 6.23 Å². The van der Waals surface area contributed by atoms with Gasteiger partial charge in [-0.05, 0) is 6.07 Å². The third kappa shape index (κ3) is 1.70. The van der Waals surface area contributed by atoms with Gasteiger partial charge in [0, 0.05) is 28.2 Å². The molecule has 0 radical (unpaired) electrons. The predicted octanol–water partition coefficient (Wildman–Crippen LogP) is 1.25. The summed E-state index contributed by atoms with van der Waals surface area (Å²) in [7, 11) is 0. The first kappa shape index (κ1) is 11.9. The second-order valence-corrected chi connectivity index (χ2v) is 4.88. The Balaban J connectivity index is 2.01. The number of benzene rings is 1. The highest BCUT2D eigenvalue weighted by Gasteiger charge is 2.33. The fourth-order valence-corrected chi connectivity index (χ4v) is 2.76. The summed E-state index contributed by atoms with van der Waals surface area (Å²) >= 11 is 0. The maximum absolute atomic E-state index is 12.1. The van der Waals surface area contributed by atoms with Gasteiger partial charge < -0.3 is 20.4 Å². The Bertz CT molecular complexity index is 861. The zero-order valence-electron chi connectivity index (χ0n) is 10.9. The maximum atomic E-state index is 12.1. The maximum Gasteiger partial charge on any atom is 0.256 e. The highest BCUT2D eigenvalue weighted by Crippen LogP contribution is 2.35. The first-order valence-corrected chi connectivity index (χ1v) is 6.54. The number of hydrogen-bond donors (Lipinski definition) is 4. The van der Waals surface area contributed by atoms with Crippen LogP contribution in [0.2, 0.25) is 0 Å². The number of hydrogen-bond acceptors (Lipinski definition) is 3. The Hall–Kier alpha value is -2.86. The van der Waals surface area contributed by atoms with Crippen LogP contribution in [0.15, 0.2) is 43.0 Å². The fourth-order valence-electron chi connectivity index (χ4n) is 2.76. The van der Waals surface area contributed by atoms with Crippen LogP contribution in [0.5, 0.6) is 0 Å². The van der Waals surface area contributed by atoms with Gasteiger partial charge in [0.1, 0.15) is 0 Å². The number of carbonyl (C=O) groups is 1. The van der Waals surface area contributed by atoms with E-state index in [1.54, 1.807) is 12.4 Å². The number of aliphatic hydroxyl groups excluding tert-OH is 1. The molecule has 104 valence electrons. The van der Waals surface area contributed by atoms with Crippen LogP contribution in [0.3, 0.4) is 0 Å². The summed E-state index contributed by atoms with van der Waals surface area (Å²) in [5, 5.41) is 13.7. The molecule has 6 nitrogen and oxygen atoms in total. The van der Waals surface area contributed by atoms with Gasteiger partial charge in [0.25, 0.3) is 5.91 Å². The molecule has 6 heteroatoms. The van der Waals surface area contributed by atoms with Crippen LogP contribution in [-0.4, -0.2) is 32.2 Å². The minimum atomic E-state index is -1.03. The van der Waals surface area contributed by atoms with Crippen molar-refractivity contribution < 1.29 is 9.90 Å². The number of H-pyrrole nitrogens is 2. The average molecular weight is 280 g/mol. The lowest BCUT2D eigenvalue weighted by atomic mass is 9.99. The first-order chi connectivity index (χ1) is 10.3. The molecule has 1 aromatic carbocycles. The highest BCUT2D eigenvalue weighted by atomic mass is 16.3. The molecule has 0 saturated heterocycles. The summed E-state index contributed by atoms with van der Waals surface area (Å²) < 4.78 is 0. The molecule has 0 fully saturated rings. The molecule has 0 aliphatic carbocycles. The van der Waals surface area contributed by atoms with Gasteiger partial charge in [0.05, 0.1) is 23.8 Å². The van der Waals surface area contributed by atoms with Crippen LogP contribution in [0, 0.1) is 0 Å². The number of nitrogens with zero attached hydrogens (tertiary/aromatic N) is 1. The summed E-state index contributed by atoms with van der Waals surface area (Å²) in [5.41, 5.74) is 3.33. The van der Waals surface area contributed by atoms with Gasteiger partial charge in [-0.25, -0.2) is 4.98 Å². The van der Waals surface area contributed by atoms with Crippen molar-refractivity contribution in [3.8, 4) is 0 Å². The molecule has 0 saturated carbocycles. The summed E-state index contributed by atoms with van der Waals surface area (Å²) in [4.78, 5) is 22.2. The topological polar surface area (TPSA) is 93.8 Å². The Labute approximate surface area is 119 Å². The van der Waals surface area contributed by atoms with E-state index >= 15 is 0 Å². The van der Waals surface area contributed by atoms with Crippen LogP contribution < -0.4 is 5.32 Å². The Morgan fingerprint density at radius 2 is 2.05 bits per heavy atom. The average Bonchev–Trinajstić information content (AvgIpc) is 3.17. The number of rotatable bonds is 2. The highest BCUT2D eigenvalue weighted by molar-refractivity contribution is 6.31. The van der Waals surface area contributed by atoms with E-state index in [1.807, 2.05) is 24.3 Å². The summed E-state index contributed by atoms with van der Waals surface area (Å²) in [6, 6.07) is 7.76. The molecule has 1 atom stereocenters. The normalized spacial score (nSPS) is 18.5. The predicted molar refractivity (Wildman–Crippen MR) is 77.8 cm³/mol. The van der Waals surface area contributed by atoms with Gasteiger partial charge in [-0.15, -0.1) is 0 Å². The Morgan fingerprint density at radius 3 is 2.86 bits per heavy atom. The molecule has 4 rings (SSSR count). The SMILES string of the molecule is O=C1NC(O)C(c2c[nH]c3ccccc23)=C1c1cnc[nH]1. The summed E-state index contributed by atoms with van der Waals surface area (Å²) in [5.74, 6) is -0.313. The van der Waals surface area contributed by atoms with Crippen LogP contribution in [-0.2, 0) is 4.79 Å². The quantitative estimate of drug-likeness (QED) is 0.569. The number of imidazole rings is 1. The number of carbonyl (C=O) groups excluding carboxylic acids is 1. The molecule has 4 N–H and O–H groups in total. The number of fused-ring (bicyclic) bond motifs is 1. The molecule has 21 heavy (non-hydrogen) atoms. The van der Waals surface area contributed by atoms with Gasteiger partial charge in [-0.3, -0.25) is 4.79 Å². The molecule has 3 aromatic rings. The van der Waals surface area contributed by atoms with Crippen molar-refractivity contribution in [1.82, 2.24) is 20.3 Å². The van der Waals surface area contributed by atoms with Gasteiger partial charge in [0.2, 0.25) is 0 Å². The van der Waals surface area contributed by atoms with E-state index in [1.165, 1.54) is 6.33 Å². The molecule has 2 aromatic heterocycles. The third-order valence-electron chi connectivity index (χ3n) is 3.68. The van der Waals surface area contributed by atoms with Crippen LogP contribution >= 0.6 is 0 Å². The van der Waals surface area contributed by atoms with Crippen LogP contribution in [0.4, 0.5) is 0 Å². The standard InChI is InChI=1S/C15H12N4O2/c20-14-12(9-5-17-10-4-2-1-3-8(9)10)13(15(21)19-14)11-6-16-7-18-11/h1-7,14,17,20H,(H,16,18)(H,19,21). The number of nitrogens with one attached hydrogen (secondary N) is 3. The van der Waals surface area contributed by atoms with E-state index in [0.29, 0.717) is 16.8 Å². The summed E-state index contributed by atoms with van der Waals surface area (Å²) in [6.45, 7) is 0. The first-order valence-electron chi connectivity index (χ1n) is 6.54. The monoisotopic (exact) mass is 280 g/mol. The van der Waals surface area contributed by atoms with Crippen molar-refractivity contribution in [2.24, 2.45) is 0 Å². The lowest BCUT2D eigenvalue weighted by molar-refractivity contribution is -0.116. The lowest BCUT2D eigenvalue weighted by Gasteiger charge is -2.08. The Kier molecular flexibility index (Phi) is 2.45. The van der Waals surface area contributed by atoms with Crippen molar-refractivity contribution in [3.05, 3.63) is 54.2 Å². The molecular formula is C15H12N4O2. The molecule has 1 aliphatic rings. The fraction of sp³-hybridized carbons (Fsp3) is 0.0667. The van der Waals surface area contributed by atoms with Crippen molar-refractivity contribution in [1.29, 1.82) is 0 Å². The lowest BCUT2D eigenvalue weighted by Crippen LogP contribution is -2.27. The van der Waals surface area contributed by atoms with E-state index in [2.05, 4.69) is 20.3 Å². The van der Waals surface area contributed by atoms with Crippen molar-refractivity contribution in [3.63, 3.8) is 0 Å². The minimum Gasteiger partial charge on any atom is -0.369 e. The van der Waals surface area contributed by atoms with E-state index in [0.717, 1.165) is 16.5 Å². The molecule has 1 unspecified atom stereocenters. The smallest absolute Gasteiger partial charge is 0.256 e. The van der Waals surface area contributed by atoms with Crippen LogP contribution in [0.25, 0.3) is 22.0 Å². The van der Waals surface area contributed by atoms with E-state index in [-0.39, 0.29) is 5.91 Å². The minimum absolute atomic E-state index is 0.313. The zero-order chi connectivity index (χ0) is 14.4. The van der Waals surface area contributed by atoms with E-state index in [9.17, 15) is 9.90 Å². The Morgan fingerprint density at radius 1 is 1.19 bits per heavy atom. The molecule has 3 heterocycles. The van der Waals surface area contributed by atoms with Crippen molar-refractivity contribution in [2.75, 3.05) is 0 Å². The third-order valence-corrected chi connectivity index (χ3v) is 3.68. The van der Waals surface area contributed by atoms with Crippen molar-refractivity contribution >= 4 is 28.0 Å². The summed E-state index contributed by atoms with van der Waals surface area (Å²) in [6.07, 6.45) is 3.85. The number of amides is 1. The van der Waals surface area contributed by atoms with E-state index in [4.69, 9.17) is 0 Å². The molecule has 1 aliphatic heterocycles. The van der Waals surface area contributed by atoms with E-state index < -0.39 is 6.23 Å². The van der Waals surface area contributed by atoms with Crippen molar-refractivity contribution in [2.45, 2.75) is 6.23 Å². The number of para-hydroxylation sites is 1. The van der Waals surface area contributed by atoms with Gasteiger partial charge in [-0.1, -0.05) is 18.2 Å². The number of aromatic amines is 2. The van der Waals surface area contributed by atoms with Gasteiger partial charge in [-0.2, -0.15) is 0 Å². The second kappa shape index (κ2) is 4.32. The molecule has 0 bridgehead atoms. The second-order valence-electron chi connectivity index (χ2n) is 4.88. The number of aliphatic hydroxyl groups is 1.